The number of hydrogen-bond donors (Lipinski definition) is 8. The fourth-order valence-electron chi connectivity index (χ4n) is 6.17. The quantitative estimate of drug-likeness (QED) is 0.0209. The summed E-state index contributed by atoms with van der Waals surface area (Å²) in [6.45, 7) is 4.55. The van der Waals surface area contributed by atoms with E-state index in [1.54, 1.807) is 6.92 Å². The zero-order valence-corrected chi connectivity index (χ0v) is 36.3. The minimum absolute atomic E-state index is 0.00499. The molecule has 1 aromatic rings. The second kappa shape index (κ2) is 30.8. The molecular formula is C42H64N6O12S. The molecule has 61 heavy (non-hydrogen) atoms. The third-order valence-electron chi connectivity index (χ3n) is 9.75. The van der Waals surface area contributed by atoms with E-state index in [1.165, 1.54) is 13.8 Å². The lowest BCUT2D eigenvalue weighted by atomic mass is 9.93. The van der Waals surface area contributed by atoms with Gasteiger partial charge in [0.15, 0.2) is 11.6 Å². The number of carbonyl (C=O) groups excluding carboxylic acids is 9. The number of carboxylic acid groups (broad SMARTS) is 1. The van der Waals surface area contributed by atoms with Gasteiger partial charge >= 0.3 is 11.9 Å². The van der Waals surface area contributed by atoms with E-state index in [1.807, 2.05) is 30.3 Å². The molecule has 0 fully saturated rings. The highest BCUT2D eigenvalue weighted by Crippen LogP contribution is 2.17. The van der Waals surface area contributed by atoms with Crippen molar-refractivity contribution in [2.45, 2.75) is 128 Å². The van der Waals surface area contributed by atoms with Crippen LogP contribution in [0, 0.1) is 11.8 Å². The lowest BCUT2D eigenvalue weighted by molar-refractivity contribution is -0.141. The average Bonchev–Trinajstić information content (AvgIpc) is 3.22. The van der Waals surface area contributed by atoms with E-state index in [4.69, 9.17) is 10.5 Å². The molecule has 0 aliphatic heterocycles. The van der Waals surface area contributed by atoms with Crippen molar-refractivity contribution < 1.29 is 57.8 Å². The zero-order chi connectivity index (χ0) is 45.7. The smallest absolute Gasteiger partial charge is 0.303 e. The minimum atomic E-state index is -1.20. The van der Waals surface area contributed by atoms with Gasteiger partial charge in [0.1, 0.15) is 17.9 Å². The molecule has 0 saturated carbocycles. The van der Waals surface area contributed by atoms with Gasteiger partial charge in [0.05, 0.1) is 18.7 Å². The number of unbranched alkanes of at least 4 members (excludes halogenated alkanes) is 1. The van der Waals surface area contributed by atoms with Crippen molar-refractivity contribution in [2.75, 3.05) is 25.4 Å². The monoisotopic (exact) mass is 876 g/mol. The van der Waals surface area contributed by atoms with Crippen LogP contribution in [0.4, 0.5) is 0 Å². The third kappa shape index (κ3) is 23.4. The molecular weight excluding hydrogens is 813 g/mol. The van der Waals surface area contributed by atoms with Crippen molar-refractivity contribution in [1.82, 2.24) is 26.6 Å². The molecule has 0 aliphatic carbocycles. The van der Waals surface area contributed by atoms with Gasteiger partial charge in [0.25, 0.3) is 0 Å². The van der Waals surface area contributed by atoms with Crippen molar-refractivity contribution in [2.24, 2.45) is 17.6 Å². The first-order valence-corrected chi connectivity index (χ1v) is 21.3. The molecule has 0 saturated heterocycles. The van der Waals surface area contributed by atoms with E-state index in [9.17, 15) is 53.1 Å². The van der Waals surface area contributed by atoms with Gasteiger partial charge in [0.2, 0.25) is 30.0 Å². The van der Waals surface area contributed by atoms with Crippen molar-refractivity contribution >= 4 is 72.0 Å². The van der Waals surface area contributed by atoms with Crippen molar-refractivity contribution in [3.05, 3.63) is 35.9 Å². The Morgan fingerprint density at radius 1 is 0.738 bits per heavy atom. The molecule has 0 aromatic heterocycles. The van der Waals surface area contributed by atoms with Gasteiger partial charge in [0, 0.05) is 63.2 Å². The van der Waals surface area contributed by atoms with Gasteiger partial charge in [-0.05, 0) is 70.4 Å². The van der Waals surface area contributed by atoms with Gasteiger partial charge in [-0.25, -0.2) is 0 Å². The summed E-state index contributed by atoms with van der Waals surface area (Å²) < 4.78 is 4.81. The number of benzene rings is 1. The van der Waals surface area contributed by atoms with Crippen LogP contribution in [0.3, 0.4) is 0 Å². The van der Waals surface area contributed by atoms with Crippen LogP contribution in [-0.2, 0) is 59.1 Å². The number of amides is 5. The molecule has 6 atom stereocenters. The average molecular weight is 877 g/mol. The Balaban J connectivity index is 2.98. The number of nitrogens with one attached hydrogen (secondary N) is 5. The van der Waals surface area contributed by atoms with E-state index in [-0.39, 0.29) is 81.8 Å². The zero-order valence-electron chi connectivity index (χ0n) is 35.4. The number of ether oxygens (including phenoxy) is 1. The molecule has 0 radical (unpaired) electrons. The maximum absolute atomic E-state index is 13.7. The summed E-state index contributed by atoms with van der Waals surface area (Å²) in [6.07, 6.45) is 1.86. The van der Waals surface area contributed by atoms with E-state index >= 15 is 0 Å². The van der Waals surface area contributed by atoms with Gasteiger partial charge in [-0.2, -0.15) is 12.6 Å². The normalized spacial score (nSPS) is 13.8. The number of aryl methyl sites for hydroxylation is 1. The van der Waals surface area contributed by atoms with E-state index in [0.717, 1.165) is 5.56 Å². The van der Waals surface area contributed by atoms with Crippen LogP contribution in [0.25, 0.3) is 0 Å². The second-order valence-electron chi connectivity index (χ2n) is 14.9. The molecule has 0 heterocycles. The van der Waals surface area contributed by atoms with Crippen LogP contribution in [0.15, 0.2) is 30.3 Å². The number of carboxylic acids is 1. The van der Waals surface area contributed by atoms with Crippen LogP contribution in [0.5, 0.6) is 0 Å². The molecule has 19 heteroatoms. The highest BCUT2D eigenvalue weighted by Gasteiger charge is 2.32. The van der Waals surface area contributed by atoms with Crippen LogP contribution in [-0.4, -0.2) is 114 Å². The fraction of sp³-hybridized carbons (Fsp3) is 0.619. The third-order valence-corrected chi connectivity index (χ3v) is 10.1. The number of hydrogen-bond acceptors (Lipinski definition) is 13. The number of ketones is 3. The highest BCUT2D eigenvalue weighted by molar-refractivity contribution is 7.80. The molecule has 1 aromatic carbocycles. The molecule has 0 spiro atoms. The fourth-order valence-corrected chi connectivity index (χ4v) is 6.46. The number of aliphatic carboxylic acids is 1. The number of esters is 1. The Morgan fingerprint density at radius 3 is 2.00 bits per heavy atom. The summed E-state index contributed by atoms with van der Waals surface area (Å²) in [6, 6.07) is 5.23. The summed E-state index contributed by atoms with van der Waals surface area (Å²) in [7, 11) is 0. The van der Waals surface area contributed by atoms with Crippen molar-refractivity contribution in [3.63, 3.8) is 0 Å². The maximum atomic E-state index is 13.7. The summed E-state index contributed by atoms with van der Waals surface area (Å²) in [4.78, 5) is 126. The Kier molecular flexibility index (Phi) is 27.2. The van der Waals surface area contributed by atoms with Crippen molar-refractivity contribution in [3.8, 4) is 0 Å². The van der Waals surface area contributed by atoms with Gasteiger partial charge in [-0.15, -0.1) is 0 Å². The lowest BCUT2D eigenvalue weighted by Gasteiger charge is -2.25. The van der Waals surface area contributed by atoms with Gasteiger partial charge in [-0.1, -0.05) is 37.3 Å². The number of thiol groups is 1. The van der Waals surface area contributed by atoms with Gasteiger partial charge in [-0.3, -0.25) is 47.9 Å². The summed E-state index contributed by atoms with van der Waals surface area (Å²) in [5, 5.41) is 22.1. The summed E-state index contributed by atoms with van der Waals surface area (Å²) in [5.41, 5.74) is 6.74. The SMILES string of the molecule is CC(=O)OCCCC(=O)C[C@@H](CCC(=O)O)C(=O)N[C@@H](CS)C(=O)CC(C)C(=O)N[C@@H](CCCCN)C(=O)N[C@@H](CCNC=O)C(=O)N[C@@H](C)C(=O)CCCc1ccccc1. The molecule has 340 valence electrons. The summed E-state index contributed by atoms with van der Waals surface area (Å²) in [5.74, 6) is -7.89. The number of rotatable bonds is 34. The first-order chi connectivity index (χ1) is 29.0. The Bertz CT molecular complexity index is 1610. The molecule has 1 rings (SSSR count). The lowest BCUT2D eigenvalue weighted by Crippen LogP contribution is -2.56. The molecule has 5 amide bonds. The Labute approximate surface area is 362 Å². The summed E-state index contributed by atoms with van der Waals surface area (Å²) >= 11 is 4.19. The maximum Gasteiger partial charge on any atom is 0.303 e. The predicted molar refractivity (Wildman–Crippen MR) is 228 cm³/mol. The van der Waals surface area contributed by atoms with E-state index in [2.05, 4.69) is 39.2 Å². The van der Waals surface area contributed by atoms with Crippen LogP contribution in [0.1, 0.15) is 103 Å². The molecule has 8 N–H and O–H groups in total. The number of Topliss-reactive ketones (excluding diaryl/α,β-unsaturated/α-hetero) is 3. The minimum Gasteiger partial charge on any atom is -0.481 e. The Hall–Kier alpha value is -5.17. The van der Waals surface area contributed by atoms with Crippen LogP contribution < -0.4 is 32.3 Å². The Morgan fingerprint density at radius 2 is 1.38 bits per heavy atom. The second-order valence-corrected chi connectivity index (χ2v) is 15.3. The van der Waals surface area contributed by atoms with Crippen molar-refractivity contribution in [1.29, 1.82) is 0 Å². The largest absolute Gasteiger partial charge is 0.481 e. The van der Waals surface area contributed by atoms with Crippen LogP contribution >= 0.6 is 12.6 Å². The van der Waals surface area contributed by atoms with Crippen LogP contribution in [0.2, 0.25) is 0 Å². The molecule has 0 aliphatic rings. The highest BCUT2D eigenvalue weighted by atomic mass is 32.1. The topological polar surface area (TPSA) is 286 Å². The molecule has 0 bridgehead atoms. The van der Waals surface area contributed by atoms with E-state index in [0.29, 0.717) is 38.6 Å². The van der Waals surface area contributed by atoms with Gasteiger partial charge < -0.3 is 42.2 Å². The molecule has 1 unspecified atom stereocenters. The number of nitrogens with two attached hydrogens (primary N) is 1. The molecule has 18 nitrogen and oxygen atoms in total. The first kappa shape index (κ1) is 53.8. The predicted octanol–water partition coefficient (Wildman–Crippen LogP) is 1.11. The number of carbonyl (C=O) groups is 10. The standard InChI is InChI=1S/C42H64N6O12S/c1-27(23-37(53)35(25-61)48-40(57)31(17-18-38(54)55)24-32(51)14-10-22-60-29(3)50)39(56)46-33(15-7-8-20-43)42(59)47-34(19-21-44-26-49)41(58)45-28(2)36(52)16-9-13-30-11-5-4-6-12-30/h4-6,11-12,26-28,31,33-35,61H,7-10,13-25,43H2,1-3H3,(H,44,49)(H,45,58)(H,46,56)(H,47,59)(H,48,57)(H,54,55)/t27?,28-,31+,33-,34-,35-/m0/s1. The van der Waals surface area contributed by atoms with E-state index < -0.39 is 83.8 Å². The first-order valence-electron chi connectivity index (χ1n) is 20.7.